The molecular formula is C28H25ClN2O5S. The fraction of sp³-hybridized carbons (Fsp3) is 0.179. The second-order valence-electron chi connectivity index (χ2n) is 8.33. The molecule has 4 rings (SSSR count). The highest BCUT2D eigenvalue weighted by Crippen LogP contribution is 2.33. The number of ether oxygens (including phenoxy) is 1. The Bertz CT molecular complexity index is 1400. The number of benzene rings is 3. The number of carbonyl (C=O) groups is 2. The van der Waals surface area contributed by atoms with Gasteiger partial charge in [-0.3, -0.25) is 10.1 Å². The van der Waals surface area contributed by atoms with Crippen molar-refractivity contribution >= 4 is 41.1 Å². The topological polar surface area (TPSA) is 102 Å². The van der Waals surface area contributed by atoms with Crippen LogP contribution in [-0.2, 0) is 21.7 Å². The zero-order valence-corrected chi connectivity index (χ0v) is 21.8. The van der Waals surface area contributed by atoms with Crippen LogP contribution in [0.15, 0.2) is 82.2 Å². The van der Waals surface area contributed by atoms with Gasteiger partial charge in [-0.05, 0) is 37.1 Å². The molecule has 9 heteroatoms. The molecule has 1 heterocycles. The number of carboxylic acid groups (broad SMARTS) is 1. The molecule has 1 aromatic heterocycles. The Morgan fingerprint density at radius 3 is 2.51 bits per heavy atom. The summed E-state index contributed by atoms with van der Waals surface area (Å²) in [5.74, 6) is 0.237. The van der Waals surface area contributed by atoms with Crippen LogP contribution in [-0.4, -0.2) is 22.3 Å². The lowest BCUT2D eigenvalue weighted by atomic mass is 10.1. The fourth-order valence-corrected chi connectivity index (χ4v) is 5.05. The number of rotatable bonds is 9. The Balaban J connectivity index is 1.42. The van der Waals surface area contributed by atoms with E-state index in [-0.39, 0.29) is 6.42 Å². The molecule has 0 aliphatic carbocycles. The lowest BCUT2D eigenvalue weighted by Gasteiger charge is -2.15. The van der Waals surface area contributed by atoms with Crippen molar-refractivity contribution in [3.63, 3.8) is 0 Å². The van der Waals surface area contributed by atoms with Crippen molar-refractivity contribution in [3.05, 3.63) is 100 Å². The van der Waals surface area contributed by atoms with Crippen molar-refractivity contribution in [1.82, 2.24) is 5.16 Å². The number of halogens is 1. The number of hydrogen-bond donors (Lipinski definition) is 2. The molecule has 1 atom stereocenters. The molecule has 37 heavy (non-hydrogen) atoms. The third kappa shape index (κ3) is 6.72. The minimum absolute atomic E-state index is 0.0116. The highest BCUT2D eigenvalue weighted by atomic mass is 35.5. The van der Waals surface area contributed by atoms with E-state index in [9.17, 15) is 9.59 Å². The van der Waals surface area contributed by atoms with E-state index in [1.165, 1.54) is 0 Å². The maximum atomic E-state index is 12.6. The van der Waals surface area contributed by atoms with Gasteiger partial charge < -0.3 is 14.4 Å². The number of amides is 1. The predicted octanol–water partition coefficient (Wildman–Crippen LogP) is 7.53. The average Bonchev–Trinajstić information content (AvgIpc) is 3.23. The molecule has 4 aromatic rings. The van der Waals surface area contributed by atoms with Crippen molar-refractivity contribution < 1.29 is 24.0 Å². The number of hydrogen-bond acceptors (Lipinski definition) is 6. The van der Waals surface area contributed by atoms with Gasteiger partial charge >= 0.3 is 12.1 Å². The molecule has 0 aliphatic rings. The van der Waals surface area contributed by atoms with Crippen LogP contribution in [0, 0.1) is 6.92 Å². The summed E-state index contributed by atoms with van der Waals surface area (Å²) in [7, 11) is 0. The summed E-state index contributed by atoms with van der Waals surface area (Å²) in [6.45, 7) is 3.48. The summed E-state index contributed by atoms with van der Waals surface area (Å²) < 4.78 is 11.0. The van der Waals surface area contributed by atoms with E-state index in [1.807, 2.05) is 60.7 Å². The highest BCUT2D eigenvalue weighted by molar-refractivity contribution is 7.98. The van der Waals surface area contributed by atoms with Crippen LogP contribution in [0.25, 0.3) is 11.3 Å². The van der Waals surface area contributed by atoms with Gasteiger partial charge in [0.05, 0.1) is 6.42 Å². The van der Waals surface area contributed by atoms with Crippen molar-refractivity contribution in [1.29, 1.82) is 0 Å². The number of carboxylic acids is 1. The first-order valence-electron chi connectivity index (χ1n) is 11.5. The van der Waals surface area contributed by atoms with E-state index in [2.05, 4.69) is 10.5 Å². The molecule has 0 radical (unpaired) electrons. The molecule has 190 valence electrons. The Morgan fingerprint density at radius 1 is 1.08 bits per heavy atom. The second kappa shape index (κ2) is 12.0. The summed E-state index contributed by atoms with van der Waals surface area (Å²) in [5, 5.41) is 16.4. The van der Waals surface area contributed by atoms with Gasteiger partial charge in [0.1, 0.15) is 17.5 Å². The average molecular weight is 537 g/mol. The van der Waals surface area contributed by atoms with Crippen LogP contribution in [0.5, 0.6) is 0 Å². The number of nitrogens with one attached hydrogen (secondary N) is 1. The minimum atomic E-state index is -0.855. The molecule has 0 saturated carbocycles. The number of aromatic nitrogens is 1. The normalized spacial score (nSPS) is 11.6. The maximum absolute atomic E-state index is 12.6. The Hall–Kier alpha value is -3.75. The summed E-state index contributed by atoms with van der Waals surface area (Å²) in [6, 6.07) is 22.4. The molecule has 2 N–H and O–H groups in total. The molecule has 0 fully saturated rings. The number of aliphatic carboxylic acids is 1. The first-order valence-corrected chi connectivity index (χ1v) is 12.9. The number of carbonyl (C=O) groups excluding carboxylic acids is 1. The molecule has 1 unspecified atom stereocenters. The van der Waals surface area contributed by atoms with Crippen molar-refractivity contribution in [3.8, 4) is 11.3 Å². The Labute approximate surface area is 223 Å². The van der Waals surface area contributed by atoms with Gasteiger partial charge in [-0.25, -0.2) is 4.79 Å². The molecule has 1 amide bonds. The lowest BCUT2D eigenvalue weighted by molar-refractivity contribution is -0.136. The summed E-state index contributed by atoms with van der Waals surface area (Å²) in [4.78, 5) is 24.7. The number of nitrogens with zero attached hydrogens (tertiary/aromatic N) is 1. The maximum Gasteiger partial charge on any atom is 0.412 e. The van der Waals surface area contributed by atoms with Crippen LogP contribution in [0.3, 0.4) is 0 Å². The number of aryl methyl sites for hydroxylation is 1. The lowest BCUT2D eigenvalue weighted by Crippen LogP contribution is -2.17. The van der Waals surface area contributed by atoms with Gasteiger partial charge in [-0.2, -0.15) is 0 Å². The van der Waals surface area contributed by atoms with Crippen molar-refractivity contribution in [2.24, 2.45) is 0 Å². The van der Waals surface area contributed by atoms with Crippen molar-refractivity contribution in [2.45, 2.75) is 37.0 Å². The van der Waals surface area contributed by atoms with Gasteiger partial charge in [-0.1, -0.05) is 77.4 Å². The summed E-state index contributed by atoms with van der Waals surface area (Å²) in [6.07, 6.45) is -1.20. The van der Waals surface area contributed by atoms with Gasteiger partial charge in [0.15, 0.2) is 5.76 Å². The SMILES string of the molecule is Cc1noc(-c2ccc(CSc3ccccc3CC(=O)O)cc2)c1NC(=O)OC(C)c1ccccc1Cl. The number of anilines is 1. The van der Waals surface area contributed by atoms with Gasteiger partial charge in [0, 0.05) is 26.8 Å². The Morgan fingerprint density at radius 2 is 1.78 bits per heavy atom. The zero-order valence-electron chi connectivity index (χ0n) is 20.2. The largest absolute Gasteiger partial charge is 0.481 e. The van der Waals surface area contributed by atoms with Gasteiger partial charge in [0.25, 0.3) is 0 Å². The molecule has 7 nitrogen and oxygen atoms in total. The molecular weight excluding hydrogens is 512 g/mol. The second-order valence-corrected chi connectivity index (χ2v) is 9.75. The smallest absolute Gasteiger partial charge is 0.412 e. The zero-order chi connectivity index (χ0) is 26.4. The van der Waals surface area contributed by atoms with E-state index < -0.39 is 18.2 Å². The molecule has 0 aliphatic heterocycles. The third-order valence-corrected chi connectivity index (χ3v) is 7.17. The molecule has 0 bridgehead atoms. The third-order valence-electron chi connectivity index (χ3n) is 5.64. The summed E-state index contributed by atoms with van der Waals surface area (Å²) in [5.41, 5.74) is 4.25. The summed E-state index contributed by atoms with van der Waals surface area (Å²) >= 11 is 7.79. The minimum Gasteiger partial charge on any atom is -0.481 e. The van der Waals surface area contributed by atoms with Crippen LogP contribution in [0.1, 0.15) is 35.4 Å². The quantitative estimate of drug-likeness (QED) is 0.213. The van der Waals surface area contributed by atoms with Gasteiger partial charge in [-0.15, -0.1) is 11.8 Å². The van der Waals surface area contributed by atoms with Crippen LogP contribution >= 0.6 is 23.4 Å². The monoisotopic (exact) mass is 536 g/mol. The Kier molecular flexibility index (Phi) is 8.53. The number of thioether (sulfide) groups is 1. The van der Waals surface area contributed by atoms with Crippen LogP contribution in [0.2, 0.25) is 5.02 Å². The molecule has 3 aromatic carbocycles. The van der Waals surface area contributed by atoms with Gasteiger partial charge in [0.2, 0.25) is 0 Å². The van der Waals surface area contributed by atoms with Crippen LogP contribution in [0.4, 0.5) is 10.5 Å². The van der Waals surface area contributed by atoms with Crippen molar-refractivity contribution in [2.75, 3.05) is 5.32 Å². The van der Waals surface area contributed by atoms with E-state index in [0.717, 1.165) is 21.6 Å². The predicted molar refractivity (Wildman–Crippen MR) is 144 cm³/mol. The van der Waals surface area contributed by atoms with E-state index in [4.69, 9.17) is 26.0 Å². The van der Waals surface area contributed by atoms with Crippen LogP contribution < -0.4 is 5.32 Å². The first-order chi connectivity index (χ1) is 17.8. The highest BCUT2D eigenvalue weighted by Gasteiger charge is 2.20. The first kappa shape index (κ1) is 26.3. The van der Waals surface area contributed by atoms with E-state index in [0.29, 0.717) is 33.5 Å². The van der Waals surface area contributed by atoms with E-state index in [1.54, 1.807) is 37.7 Å². The molecule has 0 spiro atoms. The molecule has 0 saturated heterocycles. The standard InChI is InChI=1S/C28H25ClN2O5S/c1-17-26(30-28(34)35-18(2)22-8-4-5-9-23(22)29)27(36-31-17)20-13-11-19(12-14-20)16-37-24-10-6-3-7-21(24)15-25(32)33/h3-14,18H,15-16H2,1-2H3,(H,30,34)(H,32,33). The fourth-order valence-electron chi connectivity index (χ4n) is 3.74. The van der Waals surface area contributed by atoms with E-state index >= 15 is 0 Å².